The molecule has 0 radical (unpaired) electrons. The van der Waals surface area contributed by atoms with Crippen molar-refractivity contribution in [2.24, 2.45) is 0 Å². The van der Waals surface area contributed by atoms with E-state index in [1.165, 1.54) is 12.8 Å². The first-order valence-electron chi connectivity index (χ1n) is 3.99. The van der Waals surface area contributed by atoms with Gasteiger partial charge < -0.3 is 17.2 Å². The summed E-state index contributed by atoms with van der Waals surface area (Å²) in [5.41, 5.74) is 19.0. The third-order valence-electron chi connectivity index (χ3n) is 2.24. The second kappa shape index (κ2) is 2.27. The number of rotatable bonds is 1. The van der Waals surface area contributed by atoms with Crippen LogP contribution in [0.4, 0.5) is 17.2 Å². The maximum atomic E-state index is 5.78. The number of hydrogen-bond donors (Lipinski definition) is 3. The van der Waals surface area contributed by atoms with E-state index in [1.54, 1.807) is 6.20 Å². The number of aromatic nitrogens is 1. The molecule has 1 aliphatic rings. The number of nitrogen functional groups attached to an aromatic ring is 3. The minimum atomic E-state index is 0.330. The van der Waals surface area contributed by atoms with Crippen LogP contribution in [0, 0.1) is 0 Å². The Labute approximate surface area is 70.8 Å². The largest absolute Gasteiger partial charge is 0.397 e. The summed E-state index contributed by atoms with van der Waals surface area (Å²) in [7, 11) is 0. The van der Waals surface area contributed by atoms with E-state index in [1.807, 2.05) is 0 Å². The highest BCUT2D eigenvalue weighted by Crippen LogP contribution is 2.44. The van der Waals surface area contributed by atoms with Crippen LogP contribution in [0.3, 0.4) is 0 Å². The van der Waals surface area contributed by atoms with Crippen molar-refractivity contribution in [1.82, 2.24) is 4.98 Å². The lowest BCUT2D eigenvalue weighted by Crippen LogP contribution is -2.05. The lowest BCUT2D eigenvalue weighted by atomic mass is 10.1. The van der Waals surface area contributed by atoms with E-state index in [2.05, 4.69) is 4.98 Å². The van der Waals surface area contributed by atoms with Crippen molar-refractivity contribution in [3.63, 3.8) is 0 Å². The van der Waals surface area contributed by atoms with E-state index < -0.39 is 0 Å². The molecule has 1 aromatic rings. The fraction of sp³-hybridized carbons (Fsp3) is 0.375. The Morgan fingerprint density at radius 3 is 2.42 bits per heavy atom. The number of nitrogens with two attached hydrogens (primary N) is 3. The highest BCUT2D eigenvalue weighted by atomic mass is 14.9. The van der Waals surface area contributed by atoms with Crippen molar-refractivity contribution in [3.05, 3.63) is 11.8 Å². The van der Waals surface area contributed by atoms with Crippen LogP contribution < -0.4 is 17.2 Å². The van der Waals surface area contributed by atoms with Crippen molar-refractivity contribution >= 4 is 17.2 Å². The smallest absolute Gasteiger partial charge is 0.148 e. The van der Waals surface area contributed by atoms with Crippen molar-refractivity contribution < 1.29 is 0 Å². The molecule has 0 amide bonds. The molecule has 0 spiro atoms. The van der Waals surface area contributed by atoms with Crippen LogP contribution in [0.25, 0.3) is 0 Å². The first kappa shape index (κ1) is 7.21. The highest BCUT2D eigenvalue weighted by molar-refractivity contribution is 5.77. The zero-order valence-corrected chi connectivity index (χ0v) is 6.75. The molecular formula is C8H12N4. The molecule has 0 aliphatic heterocycles. The zero-order chi connectivity index (χ0) is 8.72. The monoisotopic (exact) mass is 164 g/mol. The molecule has 0 unspecified atom stereocenters. The molecule has 0 aromatic carbocycles. The number of pyridine rings is 1. The molecule has 4 heteroatoms. The minimum Gasteiger partial charge on any atom is -0.397 e. The van der Waals surface area contributed by atoms with Gasteiger partial charge in [0, 0.05) is 6.20 Å². The SMILES string of the molecule is Nc1ncc(C2CC2)c(N)c1N. The normalized spacial score (nSPS) is 16.3. The van der Waals surface area contributed by atoms with Gasteiger partial charge in [-0.25, -0.2) is 4.98 Å². The van der Waals surface area contributed by atoms with Crippen LogP contribution in [0.15, 0.2) is 6.20 Å². The lowest BCUT2D eigenvalue weighted by Gasteiger charge is -2.07. The van der Waals surface area contributed by atoms with Crippen LogP contribution in [-0.2, 0) is 0 Å². The van der Waals surface area contributed by atoms with Gasteiger partial charge in [-0.1, -0.05) is 0 Å². The molecule has 1 heterocycles. The summed E-state index contributed by atoms with van der Waals surface area (Å²) in [5, 5.41) is 0. The molecule has 1 saturated carbocycles. The quantitative estimate of drug-likeness (QED) is 0.570. The third-order valence-corrected chi connectivity index (χ3v) is 2.24. The van der Waals surface area contributed by atoms with Gasteiger partial charge in [0.05, 0.1) is 11.4 Å². The van der Waals surface area contributed by atoms with Crippen molar-refractivity contribution in [2.45, 2.75) is 18.8 Å². The van der Waals surface area contributed by atoms with E-state index >= 15 is 0 Å². The van der Waals surface area contributed by atoms with Crippen LogP contribution in [0.5, 0.6) is 0 Å². The molecular weight excluding hydrogens is 152 g/mol. The van der Waals surface area contributed by atoms with Gasteiger partial charge >= 0.3 is 0 Å². The molecule has 1 aliphatic carbocycles. The predicted octanol–water partition coefficient (Wildman–Crippen LogP) is 0.706. The highest BCUT2D eigenvalue weighted by Gasteiger charge is 2.26. The van der Waals surface area contributed by atoms with Crippen LogP contribution in [0.2, 0.25) is 0 Å². The van der Waals surface area contributed by atoms with Crippen LogP contribution >= 0.6 is 0 Å². The second-order valence-corrected chi connectivity index (χ2v) is 3.20. The molecule has 0 bridgehead atoms. The van der Waals surface area contributed by atoms with Gasteiger partial charge in [-0.05, 0) is 24.3 Å². The van der Waals surface area contributed by atoms with E-state index in [0.717, 1.165) is 5.56 Å². The van der Waals surface area contributed by atoms with Crippen molar-refractivity contribution in [2.75, 3.05) is 17.2 Å². The molecule has 1 fully saturated rings. The predicted molar refractivity (Wildman–Crippen MR) is 49.4 cm³/mol. The lowest BCUT2D eigenvalue weighted by molar-refractivity contribution is 1.10. The Balaban J connectivity index is 2.49. The summed E-state index contributed by atoms with van der Waals surface area (Å²) in [4.78, 5) is 3.97. The van der Waals surface area contributed by atoms with Gasteiger partial charge in [-0.15, -0.1) is 0 Å². The molecule has 6 N–H and O–H groups in total. The summed E-state index contributed by atoms with van der Waals surface area (Å²) in [6.45, 7) is 0. The van der Waals surface area contributed by atoms with Gasteiger partial charge in [0.25, 0.3) is 0 Å². The standard InChI is InChI=1S/C8H12N4/c9-6-5(4-1-2-4)3-12-8(11)7(6)10/h3-4H,1-2,10H2,(H4,9,11,12). The topological polar surface area (TPSA) is 90.9 Å². The molecule has 64 valence electrons. The third kappa shape index (κ3) is 0.958. The Kier molecular flexibility index (Phi) is 1.36. The maximum absolute atomic E-state index is 5.78. The van der Waals surface area contributed by atoms with E-state index in [0.29, 0.717) is 23.1 Å². The molecule has 12 heavy (non-hydrogen) atoms. The van der Waals surface area contributed by atoms with Crippen LogP contribution in [0.1, 0.15) is 24.3 Å². The number of anilines is 3. The number of nitrogens with zero attached hydrogens (tertiary/aromatic N) is 1. The second-order valence-electron chi connectivity index (χ2n) is 3.20. The molecule has 4 nitrogen and oxygen atoms in total. The average molecular weight is 164 g/mol. The molecule has 2 rings (SSSR count). The van der Waals surface area contributed by atoms with Gasteiger partial charge in [-0.2, -0.15) is 0 Å². The fourth-order valence-electron chi connectivity index (χ4n) is 1.29. The van der Waals surface area contributed by atoms with Crippen molar-refractivity contribution in [3.8, 4) is 0 Å². The summed E-state index contributed by atoms with van der Waals surface area (Å²) in [5.74, 6) is 0.900. The van der Waals surface area contributed by atoms with Crippen LogP contribution in [-0.4, -0.2) is 4.98 Å². The van der Waals surface area contributed by atoms with E-state index in [-0.39, 0.29) is 0 Å². The summed E-state index contributed by atoms with van der Waals surface area (Å²) in [6.07, 6.45) is 4.11. The Morgan fingerprint density at radius 1 is 1.17 bits per heavy atom. The van der Waals surface area contributed by atoms with Gasteiger partial charge in [0.15, 0.2) is 0 Å². The van der Waals surface area contributed by atoms with Gasteiger partial charge in [0.2, 0.25) is 0 Å². The maximum Gasteiger partial charge on any atom is 0.148 e. The van der Waals surface area contributed by atoms with Gasteiger partial charge in [0.1, 0.15) is 5.82 Å². The first-order chi connectivity index (χ1) is 5.70. The molecule has 0 atom stereocenters. The van der Waals surface area contributed by atoms with Crippen molar-refractivity contribution in [1.29, 1.82) is 0 Å². The first-order valence-corrected chi connectivity index (χ1v) is 3.99. The van der Waals surface area contributed by atoms with E-state index in [9.17, 15) is 0 Å². The minimum absolute atomic E-state index is 0.330. The Bertz CT molecular complexity index is 317. The number of hydrogen-bond acceptors (Lipinski definition) is 4. The van der Waals surface area contributed by atoms with E-state index in [4.69, 9.17) is 17.2 Å². The average Bonchev–Trinajstić information content (AvgIpc) is 2.84. The zero-order valence-electron chi connectivity index (χ0n) is 6.75. The Hall–Kier alpha value is -1.45. The fourth-order valence-corrected chi connectivity index (χ4v) is 1.29. The Morgan fingerprint density at radius 2 is 1.83 bits per heavy atom. The summed E-state index contributed by atoms with van der Waals surface area (Å²) in [6, 6.07) is 0. The summed E-state index contributed by atoms with van der Waals surface area (Å²) < 4.78 is 0. The van der Waals surface area contributed by atoms with Gasteiger partial charge in [-0.3, -0.25) is 0 Å². The summed E-state index contributed by atoms with van der Waals surface area (Å²) >= 11 is 0. The molecule has 1 aromatic heterocycles. The molecule has 0 saturated heterocycles.